The Morgan fingerprint density at radius 3 is 2.43 bits per heavy atom. The van der Waals surface area contributed by atoms with E-state index >= 15 is 0 Å². The van der Waals surface area contributed by atoms with Crippen LogP contribution in [0.4, 0.5) is 0 Å². The summed E-state index contributed by atoms with van der Waals surface area (Å²) < 4.78 is 0. The molecule has 1 heterocycles. The Balaban J connectivity index is 1.53. The summed E-state index contributed by atoms with van der Waals surface area (Å²) in [7, 11) is 0. The number of allylic oxidation sites excluding steroid dienone is 2. The monoisotopic (exact) mass is 530 g/mol. The number of halogens is 1. The standard InChI is InChI=1S/C27H31ClN2O7/c1-26(2)3-5-30(6-4-26)11-13-9-16(31)19-15(21(13)28)8-12-7-14-10-17(32)20(25(29)36)24(35)27(14,37)23(34)18(12)22(19)33/h9,12,14,31-32,34,37H,3-8,10-11H2,1-2H3,(H2,29,36)/t12?,14-,27-/m0/s1. The number of nitrogens with zero attached hydrogens (tertiary/aromatic N) is 1. The average Bonchev–Trinajstić information content (AvgIpc) is 2.80. The van der Waals surface area contributed by atoms with Crippen molar-refractivity contribution in [2.24, 2.45) is 23.0 Å². The molecular formula is C27H31ClN2O7. The van der Waals surface area contributed by atoms with Gasteiger partial charge >= 0.3 is 0 Å². The Hall–Kier alpha value is -2.88. The van der Waals surface area contributed by atoms with E-state index in [4.69, 9.17) is 17.3 Å². The number of amides is 1. The second kappa shape index (κ2) is 8.58. The molecule has 198 valence electrons. The summed E-state index contributed by atoms with van der Waals surface area (Å²) in [6.45, 7) is 6.78. The number of ketones is 2. The van der Waals surface area contributed by atoms with Crippen molar-refractivity contribution in [3.05, 3.63) is 50.4 Å². The molecule has 1 amide bonds. The second-order valence-electron chi connectivity index (χ2n) is 11.6. The lowest BCUT2D eigenvalue weighted by Crippen LogP contribution is -2.57. The maximum absolute atomic E-state index is 13.6. The third-order valence-electron chi connectivity index (χ3n) is 8.67. The van der Waals surface area contributed by atoms with Crippen LogP contribution in [0, 0.1) is 17.3 Å². The Morgan fingerprint density at radius 2 is 1.81 bits per heavy atom. The van der Waals surface area contributed by atoms with Gasteiger partial charge in [0.25, 0.3) is 5.91 Å². The van der Waals surface area contributed by atoms with Gasteiger partial charge in [-0.1, -0.05) is 25.4 Å². The molecule has 0 aromatic heterocycles. The van der Waals surface area contributed by atoms with E-state index in [9.17, 15) is 34.8 Å². The molecule has 0 saturated carbocycles. The fourth-order valence-electron chi connectivity index (χ4n) is 6.39. The normalized spacial score (nSPS) is 29.6. The first-order valence-corrected chi connectivity index (χ1v) is 12.9. The van der Waals surface area contributed by atoms with Gasteiger partial charge < -0.3 is 26.2 Å². The molecular weight excluding hydrogens is 500 g/mol. The number of fused-ring (bicyclic) bond motifs is 3. The molecule has 5 rings (SSSR count). The van der Waals surface area contributed by atoms with E-state index in [1.165, 1.54) is 6.07 Å². The zero-order valence-electron chi connectivity index (χ0n) is 20.8. The highest BCUT2D eigenvalue weighted by molar-refractivity contribution is 6.33. The quantitative estimate of drug-likeness (QED) is 0.373. The Kier molecular flexibility index (Phi) is 5.97. The second-order valence-corrected chi connectivity index (χ2v) is 12.0. The SMILES string of the molecule is CC1(C)CCN(Cc2cc(O)c3c(c2Cl)CC2C[C@H]4CC(O)=C(C(N)=O)C(=O)[C@@]4(O)C(O)=C2C3=O)CC1. The number of nitrogens with two attached hydrogens (primary N) is 1. The molecule has 4 aliphatic rings. The number of Topliss-reactive ketones (excluding diaryl/α,β-unsaturated/α-hetero) is 2. The molecule has 1 aliphatic heterocycles. The number of hydrogen-bond acceptors (Lipinski definition) is 8. The largest absolute Gasteiger partial charge is 0.511 e. The van der Waals surface area contributed by atoms with Crippen LogP contribution >= 0.6 is 11.6 Å². The zero-order chi connectivity index (χ0) is 27.0. The molecule has 1 saturated heterocycles. The number of aliphatic hydroxyl groups excluding tert-OH is 2. The van der Waals surface area contributed by atoms with Gasteiger partial charge in [0.05, 0.1) is 5.56 Å². The first-order valence-electron chi connectivity index (χ1n) is 12.5. The highest BCUT2D eigenvalue weighted by Gasteiger charge is 2.59. The van der Waals surface area contributed by atoms with Crippen molar-refractivity contribution in [1.82, 2.24) is 4.90 Å². The minimum Gasteiger partial charge on any atom is -0.511 e. The molecule has 3 aliphatic carbocycles. The van der Waals surface area contributed by atoms with Crippen molar-refractivity contribution in [3.8, 4) is 5.75 Å². The molecule has 0 spiro atoms. The van der Waals surface area contributed by atoms with Gasteiger partial charge in [0.1, 0.15) is 22.8 Å². The van der Waals surface area contributed by atoms with Crippen LogP contribution in [-0.2, 0) is 22.6 Å². The molecule has 9 nitrogen and oxygen atoms in total. The molecule has 0 radical (unpaired) electrons. The van der Waals surface area contributed by atoms with Crippen LogP contribution in [-0.4, -0.2) is 61.5 Å². The summed E-state index contributed by atoms with van der Waals surface area (Å²) in [6, 6.07) is 1.47. The maximum atomic E-state index is 13.6. The van der Waals surface area contributed by atoms with Crippen LogP contribution in [0.5, 0.6) is 5.75 Å². The first kappa shape index (κ1) is 25.8. The number of hydrogen-bond donors (Lipinski definition) is 5. The molecule has 1 unspecified atom stereocenters. The van der Waals surface area contributed by atoms with Gasteiger partial charge in [0.2, 0.25) is 5.78 Å². The number of rotatable bonds is 3. The predicted molar refractivity (Wildman–Crippen MR) is 134 cm³/mol. The van der Waals surface area contributed by atoms with Gasteiger partial charge in [-0.3, -0.25) is 19.3 Å². The van der Waals surface area contributed by atoms with E-state index in [2.05, 4.69) is 18.7 Å². The van der Waals surface area contributed by atoms with E-state index in [-0.39, 0.29) is 41.6 Å². The third kappa shape index (κ3) is 3.86. The van der Waals surface area contributed by atoms with Crippen molar-refractivity contribution < 1.29 is 34.8 Å². The summed E-state index contributed by atoms with van der Waals surface area (Å²) in [5.74, 6) is -6.47. The van der Waals surface area contributed by atoms with Crippen molar-refractivity contribution in [3.63, 3.8) is 0 Å². The van der Waals surface area contributed by atoms with Crippen LogP contribution in [0.2, 0.25) is 5.02 Å². The minimum absolute atomic E-state index is 0.0647. The minimum atomic E-state index is -2.57. The summed E-state index contributed by atoms with van der Waals surface area (Å²) in [4.78, 5) is 40.6. The van der Waals surface area contributed by atoms with E-state index in [0.717, 1.165) is 25.9 Å². The number of piperidine rings is 1. The molecule has 6 N–H and O–H groups in total. The highest BCUT2D eigenvalue weighted by Crippen LogP contribution is 2.52. The molecule has 1 aromatic rings. The highest BCUT2D eigenvalue weighted by atomic mass is 35.5. The van der Waals surface area contributed by atoms with Gasteiger partial charge in [0.15, 0.2) is 11.4 Å². The van der Waals surface area contributed by atoms with Crippen LogP contribution < -0.4 is 5.73 Å². The van der Waals surface area contributed by atoms with E-state index < -0.39 is 52.0 Å². The van der Waals surface area contributed by atoms with Gasteiger partial charge in [-0.05, 0) is 67.3 Å². The topological polar surface area (TPSA) is 161 Å². The smallest absolute Gasteiger partial charge is 0.255 e. The number of primary amides is 1. The number of carbonyl (C=O) groups excluding carboxylic acids is 3. The molecule has 10 heteroatoms. The third-order valence-corrected chi connectivity index (χ3v) is 9.14. The van der Waals surface area contributed by atoms with Gasteiger partial charge in [-0.15, -0.1) is 0 Å². The van der Waals surface area contributed by atoms with Crippen LogP contribution in [0.15, 0.2) is 28.7 Å². The maximum Gasteiger partial charge on any atom is 0.255 e. The van der Waals surface area contributed by atoms with E-state index in [1.54, 1.807) is 0 Å². The van der Waals surface area contributed by atoms with E-state index in [1.807, 2.05) is 0 Å². The number of aromatic hydroxyl groups is 1. The van der Waals surface area contributed by atoms with Gasteiger partial charge in [-0.25, -0.2) is 0 Å². The van der Waals surface area contributed by atoms with Crippen LogP contribution in [0.1, 0.15) is 61.0 Å². The number of carbonyl (C=O) groups is 3. The summed E-state index contributed by atoms with van der Waals surface area (Å²) >= 11 is 6.80. The lowest BCUT2D eigenvalue weighted by atomic mass is 9.60. The van der Waals surface area contributed by atoms with E-state index in [0.29, 0.717) is 22.7 Å². The van der Waals surface area contributed by atoms with Crippen molar-refractivity contribution in [2.45, 2.75) is 58.1 Å². The van der Waals surface area contributed by atoms with Crippen LogP contribution in [0.3, 0.4) is 0 Å². The summed E-state index contributed by atoms with van der Waals surface area (Å²) in [5.41, 5.74) is 3.05. The first-order chi connectivity index (χ1) is 17.3. The Morgan fingerprint density at radius 1 is 1.16 bits per heavy atom. The molecule has 3 atom stereocenters. The number of benzene rings is 1. The van der Waals surface area contributed by atoms with Crippen molar-refractivity contribution in [1.29, 1.82) is 0 Å². The Bertz CT molecular complexity index is 1300. The van der Waals surface area contributed by atoms with Crippen molar-refractivity contribution >= 4 is 29.1 Å². The number of likely N-dealkylation sites (tertiary alicyclic amines) is 1. The molecule has 1 fully saturated rings. The lowest BCUT2D eigenvalue weighted by molar-refractivity contribution is -0.144. The zero-order valence-corrected chi connectivity index (χ0v) is 21.6. The fraction of sp³-hybridized carbons (Fsp3) is 0.519. The van der Waals surface area contributed by atoms with Gasteiger partial charge in [-0.2, -0.15) is 0 Å². The number of phenolic OH excluding ortho intramolecular Hbond substituents is 1. The average molecular weight is 531 g/mol. The molecule has 37 heavy (non-hydrogen) atoms. The number of aliphatic hydroxyl groups is 3. The summed E-state index contributed by atoms with van der Waals surface area (Å²) in [6.07, 6.45) is 2.08. The van der Waals surface area contributed by atoms with Gasteiger partial charge in [0, 0.05) is 29.5 Å². The summed E-state index contributed by atoms with van der Waals surface area (Å²) in [5, 5.41) is 43.9. The number of phenols is 1. The predicted octanol–water partition coefficient (Wildman–Crippen LogP) is 2.86. The molecule has 1 aromatic carbocycles. The fourth-order valence-corrected chi connectivity index (χ4v) is 6.68. The lowest BCUT2D eigenvalue weighted by Gasteiger charge is -2.45. The Labute approximate surface area is 219 Å². The molecule has 0 bridgehead atoms. The van der Waals surface area contributed by atoms with Crippen molar-refractivity contribution in [2.75, 3.05) is 13.1 Å². The van der Waals surface area contributed by atoms with Crippen LogP contribution in [0.25, 0.3) is 0 Å².